The monoisotopic (exact) mass is 301 g/mol. The summed E-state index contributed by atoms with van der Waals surface area (Å²) in [5.41, 5.74) is 5.23. The van der Waals surface area contributed by atoms with E-state index in [2.05, 4.69) is 4.72 Å². The number of nitrogens with zero attached hydrogens (tertiary/aromatic N) is 1. The molecule has 1 aromatic rings. The first kappa shape index (κ1) is 16.4. The highest BCUT2D eigenvalue weighted by atomic mass is 32.2. The van der Waals surface area contributed by atoms with Crippen LogP contribution in [0.5, 0.6) is 5.75 Å². The summed E-state index contributed by atoms with van der Waals surface area (Å²) >= 11 is 0. The van der Waals surface area contributed by atoms with Gasteiger partial charge in [-0.1, -0.05) is 0 Å². The summed E-state index contributed by atoms with van der Waals surface area (Å²) in [4.78, 5) is 13.1. The van der Waals surface area contributed by atoms with Gasteiger partial charge in [-0.05, 0) is 32.3 Å². The summed E-state index contributed by atoms with van der Waals surface area (Å²) < 4.78 is 31.5. The second kappa shape index (κ2) is 6.69. The number of sulfonamides is 1. The van der Waals surface area contributed by atoms with Crippen molar-refractivity contribution in [3.8, 4) is 5.75 Å². The van der Waals surface area contributed by atoms with Gasteiger partial charge in [0.05, 0.1) is 17.6 Å². The lowest BCUT2D eigenvalue weighted by atomic mass is 10.2. The van der Waals surface area contributed by atoms with Crippen LogP contribution in [0.25, 0.3) is 0 Å². The Morgan fingerprint density at radius 1 is 1.40 bits per heavy atom. The SMILES string of the molecule is COc1ccc(S(=O)(=O)NCCN(C)C)cc1C(N)=O. The Morgan fingerprint density at radius 3 is 2.55 bits per heavy atom. The molecule has 0 radical (unpaired) electrons. The first-order valence-electron chi connectivity index (χ1n) is 5.90. The van der Waals surface area contributed by atoms with E-state index in [1.54, 1.807) is 0 Å². The molecule has 112 valence electrons. The predicted octanol–water partition coefficient (Wildman–Crippen LogP) is -0.366. The Bertz CT molecular complexity index is 584. The molecule has 7 nitrogen and oxygen atoms in total. The molecule has 0 bridgehead atoms. The lowest BCUT2D eigenvalue weighted by Crippen LogP contribution is -2.31. The maximum atomic E-state index is 12.1. The molecule has 0 aromatic heterocycles. The zero-order chi connectivity index (χ0) is 15.3. The van der Waals surface area contributed by atoms with Crippen LogP contribution in [0, 0.1) is 0 Å². The van der Waals surface area contributed by atoms with Crippen molar-refractivity contribution in [3.63, 3.8) is 0 Å². The number of rotatable bonds is 7. The van der Waals surface area contributed by atoms with Gasteiger partial charge in [-0.3, -0.25) is 4.79 Å². The average molecular weight is 301 g/mol. The van der Waals surface area contributed by atoms with Gasteiger partial charge in [0.2, 0.25) is 10.0 Å². The van der Waals surface area contributed by atoms with Gasteiger partial charge in [0.1, 0.15) is 5.75 Å². The second-order valence-electron chi connectivity index (χ2n) is 4.43. The molecule has 8 heteroatoms. The van der Waals surface area contributed by atoms with Crippen molar-refractivity contribution >= 4 is 15.9 Å². The highest BCUT2D eigenvalue weighted by Crippen LogP contribution is 2.21. The highest BCUT2D eigenvalue weighted by Gasteiger charge is 2.18. The number of benzene rings is 1. The van der Waals surface area contributed by atoms with Crippen LogP contribution < -0.4 is 15.2 Å². The first-order valence-corrected chi connectivity index (χ1v) is 7.38. The van der Waals surface area contributed by atoms with Crippen molar-refractivity contribution in [2.45, 2.75) is 4.90 Å². The molecule has 0 aliphatic heterocycles. The van der Waals surface area contributed by atoms with Gasteiger partial charge in [0.25, 0.3) is 5.91 Å². The number of ether oxygens (including phenoxy) is 1. The van der Waals surface area contributed by atoms with E-state index in [-0.39, 0.29) is 22.8 Å². The quantitative estimate of drug-likeness (QED) is 0.716. The van der Waals surface area contributed by atoms with Crippen molar-refractivity contribution in [2.75, 3.05) is 34.3 Å². The fraction of sp³-hybridized carbons (Fsp3) is 0.417. The van der Waals surface area contributed by atoms with E-state index in [4.69, 9.17) is 10.5 Å². The topological polar surface area (TPSA) is 102 Å². The Balaban J connectivity index is 3.01. The van der Waals surface area contributed by atoms with E-state index >= 15 is 0 Å². The minimum atomic E-state index is -3.68. The fourth-order valence-corrected chi connectivity index (χ4v) is 2.58. The maximum absolute atomic E-state index is 12.1. The largest absolute Gasteiger partial charge is 0.496 e. The molecule has 0 spiro atoms. The molecule has 20 heavy (non-hydrogen) atoms. The lowest BCUT2D eigenvalue weighted by molar-refractivity contribution is 0.0997. The normalized spacial score (nSPS) is 11.6. The van der Waals surface area contributed by atoms with Crippen molar-refractivity contribution in [1.82, 2.24) is 9.62 Å². The zero-order valence-electron chi connectivity index (χ0n) is 11.7. The van der Waals surface area contributed by atoms with Crippen molar-refractivity contribution in [3.05, 3.63) is 23.8 Å². The smallest absolute Gasteiger partial charge is 0.252 e. The Hall–Kier alpha value is -1.64. The van der Waals surface area contributed by atoms with Gasteiger partial charge in [0, 0.05) is 13.1 Å². The second-order valence-corrected chi connectivity index (χ2v) is 6.19. The molecule has 1 rings (SSSR count). The molecule has 0 saturated heterocycles. The number of amides is 1. The molecule has 1 aromatic carbocycles. The van der Waals surface area contributed by atoms with Gasteiger partial charge in [-0.15, -0.1) is 0 Å². The van der Waals surface area contributed by atoms with Crippen LogP contribution in [0.2, 0.25) is 0 Å². The summed E-state index contributed by atoms with van der Waals surface area (Å²) in [5.74, 6) is -0.503. The number of carbonyl (C=O) groups is 1. The van der Waals surface area contributed by atoms with E-state index in [0.717, 1.165) is 0 Å². The van der Waals surface area contributed by atoms with Crippen molar-refractivity contribution < 1.29 is 17.9 Å². The minimum absolute atomic E-state index is 0.0224. The van der Waals surface area contributed by atoms with Crippen molar-refractivity contribution in [2.24, 2.45) is 5.73 Å². The highest BCUT2D eigenvalue weighted by molar-refractivity contribution is 7.89. The first-order chi connectivity index (χ1) is 9.27. The lowest BCUT2D eigenvalue weighted by Gasteiger charge is -2.12. The van der Waals surface area contributed by atoms with Crippen LogP contribution in [0.4, 0.5) is 0 Å². The van der Waals surface area contributed by atoms with Gasteiger partial charge >= 0.3 is 0 Å². The maximum Gasteiger partial charge on any atom is 0.252 e. The van der Waals surface area contributed by atoms with E-state index in [1.807, 2.05) is 19.0 Å². The Labute approximate surface area is 118 Å². The Morgan fingerprint density at radius 2 is 2.05 bits per heavy atom. The standard InChI is InChI=1S/C12H19N3O4S/c1-15(2)7-6-14-20(17,18)9-4-5-11(19-3)10(8-9)12(13)16/h4-5,8,14H,6-7H2,1-3H3,(H2,13,16). The zero-order valence-corrected chi connectivity index (χ0v) is 12.5. The minimum Gasteiger partial charge on any atom is -0.496 e. The molecule has 1 amide bonds. The van der Waals surface area contributed by atoms with Crippen molar-refractivity contribution in [1.29, 1.82) is 0 Å². The van der Waals surface area contributed by atoms with E-state index in [1.165, 1.54) is 25.3 Å². The fourth-order valence-electron chi connectivity index (χ4n) is 1.53. The molecule has 0 atom stereocenters. The van der Waals surface area contributed by atoms with Gasteiger partial charge < -0.3 is 15.4 Å². The molecule has 0 aliphatic carbocycles. The third kappa shape index (κ3) is 4.19. The van der Waals surface area contributed by atoms with Gasteiger partial charge in [0.15, 0.2) is 0 Å². The summed E-state index contributed by atoms with van der Waals surface area (Å²) in [6.45, 7) is 0.839. The molecule has 0 fully saturated rings. The summed E-state index contributed by atoms with van der Waals surface area (Å²) in [5, 5.41) is 0. The van der Waals surface area contributed by atoms with Crippen LogP contribution in [-0.4, -0.2) is 53.5 Å². The number of nitrogens with two attached hydrogens (primary N) is 1. The average Bonchev–Trinajstić information content (AvgIpc) is 2.37. The molecular weight excluding hydrogens is 282 g/mol. The van der Waals surface area contributed by atoms with E-state index in [9.17, 15) is 13.2 Å². The number of primary amides is 1. The third-order valence-electron chi connectivity index (χ3n) is 2.60. The number of hydrogen-bond acceptors (Lipinski definition) is 5. The van der Waals surface area contributed by atoms with Gasteiger partial charge in [-0.2, -0.15) is 0 Å². The predicted molar refractivity (Wildman–Crippen MR) is 75.3 cm³/mol. The van der Waals surface area contributed by atoms with Gasteiger partial charge in [-0.25, -0.2) is 13.1 Å². The van der Waals surface area contributed by atoms with Crippen LogP contribution in [0.1, 0.15) is 10.4 Å². The molecule has 0 aliphatic rings. The summed E-state index contributed by atoms with van der Waals surface area (Å²) in [6, 6.07) is 3.98. The van der Waals surface area contributed by atoms with E-state index < -0.39 is 15.9 Å². The summed E-state index contributed by atoms with van der Waals surface area (Å²) in [6.07, 6.45) is 0. The molecule has 0 heterocycles. The third-order valence-corrected chi connectivity index (χ3v) is 4.06. The number of methoxy groups -OCH3 is 1. The number of hydrogen-bond donors (Lipinski definition) is 2. The number of carbonyl (C=O) groups excluding carboxylic acids is 1. The summed E-state index contributed by atoms with van der Waals surface area (Å²) in [7, 11) is 1.38. The van der Waals surface area contributed by atoms with Crippen LogP contribution in [0.15, 0.2) is 23.1 Å². The molecule has 0 unspecified atom stereocenters. The molecular formula is C12H19N3O4S. The van der Waals surface area contributed by atoms with E-state index in [0.29, 0.717) is 6.54 Å². The number of nitrogens with one attached hydrogen (secondary N) is 1. The van der Waals surface area contributed by atoms with Crippen LogP contribution in [0.3, 0.4) is 0 Å². The number of likely N-dealkylation sites (N-methyl/N-ethyl adjacent to an activating group) is 1. The Kier molecular flexibility index (Phi) is 5.49. The van der Waals surface area contributed by atoms with Crippen LogP contribution in [-0.2, 0) is 10.0 Å². The van der Waals surface area contributed by atoms with Crippen LogP contribution >= 0.6 is 0 Å². The molecule has 0 saturated carbocycles. The molecule has 3 N–H and O–H groups in total.